The Labute approximate surface area is 154 Å². The minimum Gasteiger partial charge on any atom is -0.372 e. The van der Waals surface area contributed by atoms with Crippen molar-refractivity contribution in [3.8, 4) is 0 Å². The molecule has 1 aliphatic rings. The largest absolute Gasteiger partial charge is 0.372 e. The topological polar surface area (TPSA) is 154 Å². The van der Waals surface area contributed by atoms with Crippen molar-refractivity contribution in [2.24, 2.45) is 4.99 Å². The van der Waals surface area contributed by atoms with Gasteiger partial charge in [0.1, 0.15) is 0 Å². The fourth-order valence-corrected chi connectivity index (χ4v) is 8.76. The third-order valence-electron chi connectivity index (χ3n) is 3.37. The van der Waals surface area contributed by atoms with Crippen LogP contribution in [0.3, 0.4) is 0 Å². The number of amidine groups is 1. The van der Waals surface area contributed by atoms with Gasteiger partial charge < -0.3 is 5.32 Å². The average molecular weight is 437 g/mol. The zero-order valence-electron chi connectivity index (χ0n) is 14.8. The molecule has 1 rings (SSSR count). The van der Waals surface area contributed by atoms with E-state index in [9.17, 15) is 25.3 Å². The van der Waals surface area contributed by atoms with Gasteiger partial charge in [0.2, 0.25) is 0 Å². The Kier molecular flexibility index (Phi) is 7.98. The van der Waals surface area contributed by atoms with Crippen molar-refractivity contribution in [2.75, 3.05) is 32.9 Å². The van der Waals surface area contributed by atoms with Gasteiger partial charge in [-0.05, 0) is 20.8 Å². The van der Waals surface area contributed by atoms with Gasteiger partial charge in [0, 0.05) is 19.4 Å². The molecule has 0 saturated heterocycles. The molecule has 0 atom stereocenters. The molecule has 0 unspecified atom stereocenters. The fraction of sp³-hybridized carbons (Fsp3) is 0.917. The molecular formula is C12H24N2O9S3. The molecule has 0 spiro atoms. The Morgan fingerprint density at radius 1 is 0.885 bits per heavy atom. The monoisotopic (exact) mass is 436 g/mol. The van der Waals surface area contributed by atoms with Crippen molar-refractivity contribution < 1.29 is 37.8 Å². The van der Waals surface area contributed by atoms with Gasteiger partial charge in [0.05, 0.1) is 32.2 Å². The molecule has 0 aromatic rings. The summed E-state index contributed by atoms with van der Waals surface area (Å²) in [6.45, 7) is 3.35. The summed E-state index contributed by atoms with van der Waals surface area (Å²) in [5, 5.41) is 2.82. The van der Waals surface area contributed by atoms with E-state index >= 15 is 0 Å². The van der Waals surface area contributed by atoms with Crippen molar-refractivity contribution >= 4 is 36.2 Å². The third kappa shape index (κ3) is 4.36. The van der Waals surface area contributed by atoms with Crippen molar-refractivity contribution in [3.05, 3.63) is 0 Å². The van der Waals surface area contributed by atoms with E-state index in [1.54, 1.807) is 0 Å². The van der Waals surface area contributed by atoms with Crippen LogP contribution in [0.15, 0.2) is 4.99 Å². The van der Waals surface area contributed by atoms with Gasteiger partial charge in [0.25, 0.3) is 0 Å². The lowest BCUT2D eigenvalue weighted by atomic mass is 10.3. The molecule has 0 bridgehead atoms. The number of hydrogen-bond acceptors (Lipinski definition) is 11. The summed E-state index contributed by atoms with van der Waals surface area (Å²) in [7, 11) is -15.6. The van der Waals surface area contributed by atoms with Crippen molar-refractivity contribution in [2.45, 2.75) is 37.0 Å². The molecule has 154 valence electrons. The van der Waals surface area contributed by atoms with Crippen LogP contribution < -0.4 is 5.32 Å². The summed E-state index contributed by atoms with van der Waals surface area (Å²) in [5.41, 5.74) is 0. The van der Waals surface area contributed by atoms with Crippen molar-refractivity contribution in [1.29, 1.82) is 0 Å². The quantitative estimate of drug-likeness (QED) is 0.397. The standard InChI is InChI=1S/C12H24N2O9S3/c1-4-21-24(15,16)12(25(17,18)22-5-2,26(19,20)23-6-3)8-7-11-13-9-10-14-11/h4-10H2,1-3H3,(H,13,14). The lowest BCUT2D eigenvalue weighted by molar-refractivity contribution is 0.296. The normalized spacial score (nSPS) is 16.3. The number of nitrogens with zero attached hydrogens (tertiary/aromatic N) is 1. The minimum atomic E-state index is -5.19. The molecule has 14 heteroatoms. The molecule has 0 aromatic carbocycles. The van der Waals surface area contributed by atoms with E-state index in [0.29, 0.717) is 18.9 Å². The first-order valence-corrected chi connectivity index (χ1v) is 12.2. The molecule has 1 heterocycles. The smallest absolute Gasteiger partial charge is 0.346 e. The van der Waals surface area contributed by atoms with Crippen LogP contribution in [-0.4, -0.2) is 67.4 Å². The molecule has 1 N–H and O–H groups in total. The van der Waals surface area contributed by atoms with E-state index < -0.39 is 60.0 Å². The molecule has 1 aliphatic heterocycles. The molecule has 0 saturated carbocycles. The molecule has 0 fully saturated rings. The number of nitrogens with one attached hydrogen (secondary N) is 1. The van der Waals surface area contributed by atoms with E-state index in [4.69, 9.17) is 0 Å². The van der Waals surface area contributed by atoms with Gasteiger partial charge >= 0.3 is 33.8 Å². The van der Waals surface area contributed by atoms with Crippen LogP contribution in [0.4, 0.5) is 0 Å². The first-order valence-electron chi connectivity index (χ1n) is 7.95. The second-order valence-corrected chi connectivity index (χ2v) is 11.3. The minimum absolute atomic E-state index is 0.273. The zero-order chi connectivity index (χ0) is 20.1. The Bertz CT molecular complexity index is 728. The molecule has 11 nitrogen and oxygen atoms in total. The van der Waals surface area contributed by atoms with Crippen molar-refractivity contribution in [1.82, 2.24) is 5.32 Å². The summed E-state index contributed by atoms with van der Waals surface area (Å²) in [4.78, 5) is 4.02. The Morgan fingerprint density at radius 2 is 1.31 bits per heavy atom. The predicted octanol–water partition coefficient (Wildman–Crippen LogP) is -0.479. The summed E-state index contributed by atoms with van der Waals surface area (Å²) >= 11 is 0. The fourth-order valence-electron chi connectivity index (χ4n) is 2.37. The average Bonchev–Trinajstić information content (AvgIpc) is 2.99. The molecule has 26 heavy (non-hydrogen) atoms. The highest BCUT2D eigenvalue weighted by Gasteiger charge is 2.68. The van der Waals surface area contributed by atoms with Crippen LogP contribution in [-0.2, 0) is 42.9 Å². The van der Waals surface area contributed by atoms with E-state index in [0.717, 1.165) is 0 Å². The third-order valence-corrected chi connectivity index (χ3v) is 11.6. The number of rotatable bonds is 12. The maximum atomic E-state index is 12.7. The van der Waals surface area contributed by atoms with Crippen LogP contribution in [0.5, 0.6) is 0 Å². The molecule has 0 amide bonds. The van der Waals surface area contributed by atoms with E-state index in [2.05, 4.69) is 22.9 Å². The van der Waals surface area contributed by atoms with Gasteiger partial charge in [-0.25, -0.2) is 0 Å². The lowest BCUT2D eigenvalue weighted by Crippen LogP contribution is -2.55. The Morgan fingerprint density at radius 3 is 1.62 bits per heavy atom. The number of hydrogen-bond donors (Lipinski definition) is 1. The van der Waals surface area contributed by atoms with Crippen LogP contribution in [0.2, 0.25) is 0 Å². The Hall–Kier alpha value is -0.800. The predicted molar refractivity (Wildman–Crippen MR) is 93.9 cm³/mol. The summed E-state index contributed by atoms with van der Waals surface area (Å²) < 4.78 is 86.4. The summed E-state index contributed by atoms with van der Waals surface area (Å²) in [6, 6.07) is 0. The highest BCUT2D eigenvalue weighted by molar-refractivity contribution is 8.21. The van der Waals surface area contributed by atoms with Crippen LogP contribution >= 0.6 is 0 Å². The molecule has 0 aromatic heterocycles. The highest BCUT2D eigenvalue weighted by atomic mass is 32.3. The second-order valence-electron chi connectivity index (χ2n) is 5.02. The summed E-state index contributed by atoms with van der Waals surface area (Å²) in [6.07, 6.45) is -1.17. The highest BCUT2D eigenvalue weighted by Crippen LogP contribution is 2.39. The van der Waals surface area contributed by atoms with Crippen LogP contribution in [0.25, 0.3) is 0 Å². The summed E-state index contributed by atoms with van der Waals surface area (Å²) in [5.74, 6) is 0.291. The second kappa shape index (κ2) is 8.93. The lowest BCUT2D eigenvalue weighted by Gasteiger charge is -2.29. The van der Waals surface area contributed by atoms with Crippen LogP contribution in [0, 0.1) is 0 Å². The number of aliphatic imine (C=N–C) groups is 1. The van der Waals surface area contributed by atoms with Gasteiger partial charge in [0.15, 0.2) is 0 Å². The molecule has 0 aliphatic carbocycles. The zero-order valence-corrected chi connectivity index (χ0v) is 17.2. The SMILES string of the molecule is CCOS(=O)(=O)C(CCC1=NCCN1)(S(=O)(=O)OCC)S(=O)(=O)OCC. The first kappa shape index (κ1) is 23.2. The van der Waals surface area contributed by atoms with E-state index in [1.165, 1.54) is 20.8 Å². The van der Waals surface area contributed by atoms with Gasteiger partial charge in [-0.1, -0.05) is 0 Å². The Balaban J connectivity index is 3.66. The van der Waals surface area contributed by atoms with Gasteiger partial charge in [-0.2, -0.15) is 25.3 Å². The maximum absolute atomic E-state index is 12.7. The van der Waals surface area contributed by atoms with Crippen LogP contribution in [0.1, 0.15) is 33.6 Å². The van der Waals surface area contributed by atoms with E-state index in [1.807, 2.05) is 0 Å². The van der Waals surface area contributed by atoms with Gasteiger partial charge in [-0.15, -0.1) is 0 Å². The van der Waals surface area contributed by atoms with E-state index in [-0.39, 0.29) is 6.42 Å². The molecule has 0 radical (unpaired) electrons. The van der Waals surface area contributed by atoms with Crippen molar-refractivity contribution in [3.63, 3.8) is 0 Å². The van der Waals surface area contributed by atoms with Gasteiger partial charge in [-0.3, -0.25) is 17.5 Å². The molecular weight excluding hydrogens is 412 g/mol. The maximum Gasteiger partial charge on any atom is 0.346 e. The first-order chi connectivity index (χ1) is 12.0.